The molecular weight excluding hydrogens is 281 g/mol. The van der Waals surface area contributed by atoms with E-state index in [1.165, 1.54) is 23.4 Å². The zero-order valence-corrected chi connectivity index (χ0v) is 13.6. The van der Waals surface area contributed by atoms with Gasteiger partial charge in [0, 0.05) is 10.9 Å². The van der Waals surface area contributed by atoms with Crippen LogP contribution in [-0.4, -0.2) is 6.54 Å². The van der Waals surface area contributed by atoms with Crippen LogP contribution in [0.25, 0.3) is 0 Å². The SMILES string of the molecule is CCCNC(C)c1cccc(F)c1Sc1ccc(C)cc1. The van der Waals surface area contributed by atoms with Gasteiger partial charge in [0.2, 0.25) is 0 Å². The minimum Gasteiger partial charge on any atom is -0.310 e. The lowest BCUT2D eigenvalue weighted by Gasteiger charge is -2.18. The van der Waals surface area contributed by atoms with Crippen molar-refractivity contribution in [1.82, 2.24) is 5.32 Å². The largest absolute Gasteiger partial charge is 0.310 e. The number of nitrogens with one attached hydrogen (secondary N) is 1. The van der Waals surface area contributed by atoms with Crippen molar-refractivity contribution in [1.29, 1.82) is 0 Å². The quantitative estimate of drug-likeness (QED) is 0.772. The van der Waals surface area contributed by atoms with Crippen molar-refractivity contribution in [2.45, 2.75) is 43.0 Å². The number of hydrogen-bond acceptors (Lipinski definition) is 2. The molecule has 0 saturated heterocycles. The monoisotopic (exact) mass is 303 g/mol. The topological polar surface area (TPSA) is 12.0 Å². The molecule has 1 atom stereocenters. The summed E-state index contributed by atoms with van der Waals surface area (Å²) in [4.78, 5) is 1.78. The van der Waals surface area contributed by atoms with E-state index in [2.05, 4.69) is 38.2 Å². The first kappa shape index (κ1) is 16.1. The van der Waals surface area contributed by atoms with Crippen molar-refractivity contribution >= 4 is 11.8 Å². The maximum Gasteiger partial charge on any atom is 0.137 e. The lowest BCUT2D eigenvalue weighted by Crippen LogP contribution is -2.20. The van der Waals surface area contributed by atoms with Gasteiger partial charge in [0.05, 0.1) is 4.90 Å². The van der Waals surface area contributed by atoms with E-state index in [-0.39, 0.29) is 11.9 Å². The number of rotatable bonds is 6. The van der Waals surface area contributed by atoms with Crippen molar-refractivity contribution in [2.24, 2.45) is 0 Å². The Bertz CT molecular complexity index is 580. The first-order valence-electron chi connectivity index (χ1n) is 7.38. The zero-order valence-electron chi connectivity index (χ0n) is 12.8. The molecule has 21 heavy (non-hydrogen) atoms. The number of aryl methyl sites for hydroxylation is 1. The Morgan fingerprint density at radius 2 is 1.86 bits per heavy atom. The summed E-state index contributed by atoms with van der Waals surface area (Å²) in [6, 6.07) is 13.7. The van der Waals surface area contributed by atoms with E-state index in [4.69, 9.17) is 0 Å². The van der Waals surface area contributed by atoms with E-state index < -0.39 is 0 Å². The van der Waals surface area contributed by atoms with Crippen LogP contribution in [0.5, 0.6) is 0 Å². The van der Waals surface area contributed by atoms with E-state index in [9.17, 15) is 4.39 Å². The van der Waals surface area contributed by atoms with Crippen molar-refractivity contribution in [2.75, 3.05) is 6.54 Å². The molecule has 0 fully saturated rings. The summed E-state index contributed by atoms with van der Waals surface area (Å²) in [5.41, 5.74) is 2.24. The molecule has 0 radical (unpaired) electrons. The van der Waals surface area contributed by atoms with Crippen molar-refractivity contribution in [3.8, 4) is 0 Å². The van der Waals surface area contributed by atoms with Crippen molar-refractivity contribution < 1.29 is 4.39 Å². The minimum atomic E-state index is -0.150. The lowest BCUT2D eigenvalue weighted by molar-refractivity contribution is 0.543. The average Bonchev–Trinajstić information content (AvgIpc) is 2.49. The molecule has 0 heterocycles. The summed E-state index contributed by atoms with van der Waals surface area (Å²) in [5.74, 6) is -0.150. The van der Waals surface area contributed by atoms with Gasteiger partial charge in [-0.15, -0.1) is 0 Å². The first-order chi connectivity index (χ1) is 10.1. The minimum absolute atomic E-state index is 0.147. The molecule has 3 heteroatoms. The Hall–Kier alpha value is -1.32. The normalized spacial score (nSPS) is 12.4. The molecule has 2 aromatic carbocycles. The van der Waals surface area contributed by atoms with Gasteiger partial charge in [0.15, 0.2) is 0 Å². The molecule has 0 aliphatic carbocycles. The fourth-order valence-corrected chi connectivity index (χ4v) is 3.21. The Kier molecular flexibility index (Phi) is 5.83. The van der Waals surface area contributed by atoms with Crippen molar-refractivity contribution in [3.63, 3.8) is 0 Å². The van der Waals surface area contributed by atoms with Gasteiger partial charge in [-0.2, -0.15) is 0 Å². The smallest absolute Gasteiger partial charge is 0.137 e. The standard InChI is InChI=1S/C18H22FNS/c1-4-12-20-14(3)16-6-5-7-17(19)18(16)21-15-10-8-13(2)9-11-15/h5-11,14,20H,4,12H2,1-3H3. The molecule has 0 aliphatic rings. The van der Waals surface area contributed by atoms with Crippen molar-refractivity contribution in [3.05, 3.63) is 59.4 Å². The molecular formula is C18H22FNS. The van der Waals surface area contributed by atoms with Crippen LogP contribution in [0.15, 0.2) is 52.3 Å². The van der Waals surface area contributed by atoms with Gasteiger partial charge in [-0.05, 0) is 50.6 Å². The first-order valence-corrected chi connectivity index (χ1v) is 8.19. The predicted molar refractivity (Wildman–Crippen MR) is 88.4 cm³/mol. The van der Waals surface area contributed by atoms with Crippen LogP contribution in [0.3, 0.4) is 0 Å². The van der Waals surface area contributed by atoms with Crippen LogP contribution in [0.2, 0.25) is 0 Å². The van der Waals surface area contributed by atoms with Crippen LogP contribution in [0.1, 0.15) is 37.4 Å². The second kappa shape index (κ2) is 7.62. The molecule has 0 spiro atoms. The Morgan fingerprint density at radius 1 is 1.14 bits per heavy atom. The lowest BCUT2D eigenvalue weighted by atomic mass is 10.1. The summed E-state index contributed by atoms with van der Waals surface area (Å²) in [7, 11) is 0. The van der Waals surface area contributed by atoms with Gasteiger partial charge < -0.3 is 5.32 Å². The summed E-state index contributed by atoms with van der Waals surface area (Å²) < 4.78 is 14.2. The highest BCUT2D eigenvalue weighted by atomic mass is 32.2. The maximum absolute atomic E-state index is 14.2. The number of hydrogen-bond donors (Lipinski definition) is 1. The zero-order chi connectivity index (χ0) is 15.2. The predicted octanol–water partition coefficient (Wildman–Crippen LogP) is 5.35. The van der Waals surface area contributed by atoms with E-state index in [0.29, 0.717) is 0 Å². The Balaban J connectivity index is 2.26. The van der Waals surface area contributed by atoms with E-state index in [1.807, 2.05) is 18.2 Å². The third-order valence-corrected chi connectivity index (χ3v) is 4.55. The molecule has 1 unspecified atom stereocenters. The van der Waals surface area contributed by atoms with Gasteiger partial charge in [-0.25, -0.2) is 4.39 Å². The van der Waals surface area contributed by atoms with Crippen LogP contribution in [-0.2, 0) is 0 Å². The molecule has 0 aliphatic heterocycles. The Labute approximate surface area is 131 Å². The summed E-state index contributed by atoms with van der Waals surface area (Å²) in [6.07, 6.45) is 1.07. The van der Waals surface area contributed by atoms with Crippen LogP contribution in [0.4, 0.5) is 4.39 Å². The molecule has 0 amide bonds. The van der Waals surface area contributed by atoms with Gasteiger partial charge >= 0.3 is 0 Å². The average molecular weight is 303 g/mol. The fraction of sp³-hybridized carbons (Fsp3) is 0.333. The fourth-order valence-electron chi connectivity index (χ4n) is 2.17. The van der Waals surface area contributed by atoms with Crippen LogP contribution in [0, 0.1) is 12.7 Å². The van der Waals surface area contributed by atoms with Gasteiger partial charge in [-0.1, -0.05) is 48.5 Å². The summed E-state index contributed by atoms with van der Waals surface area (Å²) in [5, 5.41) is 3.43. The molecule has 112 valence electrons. The molecule has 0 saturated carbocycles. The maximum atomic E-state index is 14.2. The summed E-state index contributed by atoms with van der Waals surface area (Å²) >= 11 is 1.50. The van der Waals surface area contributed by atoms with Crippen LogP contribution < -0.4 is 5.32 Å². The second-order valence-electron chi connectivity index (χ2n) is 5.25. The highest BCUT2D eigenvalue weighted by molar-refractivity contribution is 7.99. The molecule has 2 rings (SSSR count). The third kappa shape index (κ3) is 4.32. The highest BCUT2D eigenvalue weighted by Gasteiger charge is 2.15. The molecule has 1 nitrogen and oxygen atoms in total. The van der Waals surface area contributed by atoms with Gasteiger partial charge in [0.25, 0.3) is 0 Å². The molecule has 0 bridgehead atoms. The molecule has 1 N–H and O–H groups in total. The Morgan fingerprint density at radius 3 is 2.52 bits per heavy atom. The van der Waals surface area contributed by atoms with E-state index in [1.54, 1.807) is 6.07 Å². The highest BCUT2D eigenvalue weighted by Crippen LogP contribution is 2.35. The summed E-state index contributed by atoms with van der Waals surface area (Å²) in [6.45, 7) is 7.21. The second-order valence-corrected chi connectivity index (χ2v) is 6.33. The number of benzene rings is 2. The number of halogens is 1. The van der Waals surface area contributed by atoms with Gasteiger partial charge in [0.1, 0.15) is 5.82 Å². The van der Waals surface area contributed by atoms with E-state index in [0.717, 1.165) is 28.3 Å². The molecule has 2 aromatic rings. The third-order valence-electron chi connectivity index (χ3n) is 3.41. The van der Waals surface area contributed by atoms with E-state index >= 15 is 0 Å². The molecule has 0 aromatic heterocycles. The van der Waals surface area contributed by atoms with Crippen LogP contribution >= 0.6 is 11.8 Å². The van der Waals surface area contributed by atoms with Gasteiger partial charge in [-0.3, -0.25) is 0 Å².